The number of para-hydroxylation sites is 1. The standard InChI is InChI=1S/C28H33N7O2S/c1-20(2)33-38(36,37)24-8-6-7-22(19-24)29-27-25-9-4-5-10-26(25)31-28(32-27)30-21-11-13-23(14-12-21)35-17-15-34(3)16-18-35/h4-14,19-20,33H,15-18H2,1-3H3,(H2,29,30,31,32). The van der Waals surface area contributed by atoms with E-state index in [0.717, 1.165) is 42.8 Å². The lowest BCUT2D eigenvalue weighted by molar-refractivity contribution is 0.313. The van der Waals surface area contributed by atoms with E-state index in [9.17, 15) is 8.42 Å². The molecule has 0 bridgehead atoms. The Bertz CT molecular complexity index is 1520. The Morgan fingerprint density at radius 2 is 1.55 bits per heavy atom. The number of likely N-dealkylation sites (N-methyl/N-ethyl adjacent to an activating group) is 1. The number of anilines is 5. The number of piperazine rings is 1. The number of hydrogen-bond donors (Lipinski definition) is 3. The molecule has 3 N–H and O–H groups in total. The van der Waals surface area contributed by atoms with Crippen molar-refractivity contribution in [3.8, 4) is 0 Å². The number of nitrogens with one attached hydrogen (secondary N) is 3. The second-order valence-electron chi connectivity index (χ2n) is 9.80. The minimum atomic E-state index is -3.62. The van der Waals surface area contributed by atoms with Crippen LogP contribution in [0.5, 0.6) is 0 Å². The maximum absolute atomic E-state index is 12.7. The Morgan fingerprint density at radius 1 is 0.816 bits per heavy atom. The normalized spacial score (nSPS) is 14.7. The number of sulfonamides is 1. The number of benzene rings is 3. The number of hydrogen-bond acceptors (Lipinski definition) is 8. The summed E-state index contributed by atoms with van der Waals surface area (Å²) in [7, 11) is -1.47. The average molecular weight is 532 g/mol. The Kier molecular flexibility index (Phi) is 7.46. The van der Waals surface area contributed by atoms with Gasteiger partial charge in [-0.25, -0.2) is 18.1 Å². The van der Waals surface area contributed by atoms with E-state index in [0.29, 0.717) is 17.5 Å². The third-order valence-electron chi connectivity index (χ3n) is 6.39. The number of fused-ring (bicyclic) bond motifs is 1. The van der Waals surface area contributed by atoms with Crippen molar-refractivity contribution in [2.45, 2.75) is 24.8 Å². The molecule has 3 aromatic carbocycles. The summed E-state index contributed by atoms with van der Waals surface area (Å²) in [6, 6.07) is 22.5. The molecule has 198 valence electrons. The molecule has 5 rings (SSSR count). The first-order valence-corrected chi connectivity index (χ1v) is 14.2. The number of rotatable bonds is 8. The predicted molar refractivity (Wildman–Crippen MR) is 154 cm³/mol. The minimum Gasteiger partial charge on any atom is -0.369 e. The molecule has 0 spiro atoms. The molecule has 10 heteroatoms. The lowest BCUT2D eigenvalue weighted by Gasteiger charge is -2.34. The molecule has 0 amide bonds. The minimum absolute atomic E-state index is 0.188. The van der Waals surface area contributed by atoms with Gasteiger partial charge in [-0.1, -0.05) is 18.2 Å². The van der Waals surface area contributed by atoms with Crippen molar-refractivity contribution in [2.24, 2.45) is 0 Å². The molecule has 1 fully saturated rings. The van der Waals surface area contributed by atoms with Gasteiger partial charge >= 0.3 is 0 Å². The van der Waals surface area contributed by atoms with Crippen molar-refractivity contribution in [1.29, 1.82) is 0 Å². The van der Waals surface area contributed by atoms with Crippen molar-refractivity contribution in [2.75, 3.05) is 48.8 Å². The summed E-state index contributed by atoms with van der Waals surface area (Å²) in [4.78, 5) is 14.4. The van der Waals surface area contributed by atoms with E-state index < -0.39 is 10.0 Å². The first kappa shape index (κ1) is 25.9. The maximum Gasteiger partial charge on any atom is 0.240 e. The SMILES string of the molecule is CC(C)NS(=O)(=O)c1cccc(Nc2nc(Nc3ccc(N4CCN(C)CC4)cc3)nc3ccccc23)c1. The van der Waals surface area contributed by atoms with E-state index in [-0.39, 0.29) is 10.9 Å². The van der Waals surface area contributed by atoms with Gasteiger partial charge in [0.1, 0.15) is 5.82 Å². The topological polar surface area (TPSA) is 102 Å². The lowest BCUT2D eigenvalue weighted by Crippen LogP contribution is -2.44. The Morgan fingerprint density at radius 3 is 2.29 bits per heavy atom. The summed E-state index contributed by atoms with van der Waals surface area (Å²) in [6.45, 7) is 7.74. The van der Waals surface area contributed by atoms with Crippen LogP contribution in [0.15, 0.2) is 77.7 Å². The van der Waals surface area contributed by atoms with E-state index >= 15 is 0 Å². The summed E-state index contributed by atoms with van der Waals surface area (Å²) in [5.74, 6) is 1.03. The summed E-state index contributed by atoms with van der Waals surface area (Å²) in [5.41, 5.74) is 3.47. The largest absolute Gasteiger partial charge is 0.369 e. The van der Waals surface area contributed by atoms with Crippen molar-refractivity contribution in [3.63, 3.8) is 0 Å². The van der Waals surface area contributed by atoms with Crippen molar-refractivity contribution >= 4 is 49.8 Å². The molecular weight excluding hydrogens is 498 g/mol. The van der Waals surface area contributed by atoms with Crippen molar-refractivity contribution in [3.05, 3.63) is 72.8 Å². The zero-order valence-corrected chi connectivity index (χ0v) is 22.7. The van der Waals surface area contributed by atoms with Crippen LogP contribution in [0.4, 0.5) is 28.8 Å². The van der Waals surface area contributed by atoms with Gasteiger partial charge in [0.15, 0.2) is 0 Å². The fraction of sp³-hybridized carbons (Fsp3) is 0.286. The van der Waals surface area contributed by atoms with E-state index in [1.54, 1.807) is 32.0 Å². The van der Waals surface area contributed by atoms with Gasteiger partial charge in [-0.2, -0.15) is 4.98 Å². The second-order valence-corrected chi connectivity index (χ2v) is 11.5. The van der Waals surface area contributed by atoms with Gasteiger partial charge in [0.2, 0.25) is 16.0 Å². The highest BCUT2D eigenvalue weighted by Crippen LogP contribution is 2.28. The molecule has 1 saturated heterocycles. The zero-order valence-electron chi connectivity index (χ0n) is 21.8. The van der Waals surface area contributed by atoms with Crippen LogP contribution in [0.25, 0.3) is 10.9 Å². The molecule has 0 aliphatic carbocycles. The first-order valence-electron chi connectivity index (χ1n) is 12.7. The molecule has 0 unspecified atom stereocenters. The van der Waals surface area contributed by atoms with E-state index in [2.05, 4.69) is 44.3 Å². The highest BCUT2D eigenvalue weighted by atomic mass is 32.2. The van der Waals surface area contributed by atoms with Crippen molar-refractivity contribution in [1.82, 2.24) is 19.6 Å². The summed E-state index contributed by atoms with van der Waals surface area (Å²) in [6.07, 6.45) is 0. The smallest absolute Gasteiger partial charge is 0.240 e. The van der Waals surface area contributed by atoms with Crippen LogP contribution in [0, 0.1) is 0 Å². The number of nitrogens with zero attached hydrogens (tertiary/aromatic N) is 4. The van der Waals surface area contributed by atoms with Crippen LogP contribution in [0.1, 0.15) is 13.8 Å². The Balaban J connectivity index is 1.39. The zero-order chi connectivity index (χ0) is 26.7. The first-order chi connectivity index (χ1) is 18.3. The highest BCUT2D eigenvalue weighted by Gasteiger charge is 2.17. The van der Waals surface area contributed by atoms with Crippen LogP contribution >= 0.6 is 0 Å². The molecule has 1 aliphatic rings. The third kappa shape index (κ3) is 6.04. The van der Waals surface area contributed by atoms with Gasteiger partial charge in [0.25, 0.3) is 0 Å². The summed E-state index contributed by atoms with van der Waals surface area (Å²) < 4.78 is 28.0. The predicted octanol–water partition coefficient (Wildman–Crippen LogP) is 4.56. The molecule has 0 saturated carbocycles. The van der Waals surface area contributed by atoms with Gasteiger partial charge in [-0.15, -0.1) is 0 Å². The molecule has 0 radical (unpaired) electrons. The molecule has 0 atom stereocenters. The van der Waals surface area contributed by atoms with Crippen LogP contribution in [0.2, 0.25) is 0 Å². The van der Waals surface area contributed by atoms with Crippen LogP contribution in [-0.2, 0) is 10.0 Å². The molecule has 9 nitrogen and oxygen atoms in total. The van der Waals surface area contributed by atoms with E-state index in [1.807, 2.05) is 42.5 Å². The molecule has 4 aromatic rings. The molecule has 38 heavy (non-hydrogen) atoms. The quantitative estimate of drug-likeness (QED) is 0.304. The maximum atomic E-state index is 12.7. The fourth-order valence-electron chi connectivity index (χ4n) is 4.43. The van der Waals surface area contributed by atoms with Crippen LogP contribution in [0.3, 0.4) is 0 Å². The molecule has 1 aliphatic heterocycles. The van der Waals surface area contributed by atoms with Crippen molar-refractivity contribution < 1.29 is 8.42 Å². The Labute approximate surface area is 224 Å². The second kappa shape index (κ2) is 10.9. The molecule has 1 aromatic heterocycles. The lowest BCUT2D eigenvalue weighted by atomic mass is 10.2. The van der Waals surface area contributed by atoms with E-state index in [4.69, 9.17) is 9.97 Å². The average Bonchev–Trinajstić information content (AvgIpc) is 2.89. The number of aromatic nitrogens is 2. The third-order valence-corrected chi connectivity index (χ3v) is 8.05. The molecular formula is C28H33N7O2S. The van der Waals surface area contributed by atoms with Gasteiger partial charge < -0.3 is 20.4 Å². The molecule has 2 heterocycles. The summed E-state index contributed by atoms with van der Waals surface area (Å²) in [5, 5.41) is 7.45. The van der Waals surface area contributed by atoms with Gasteiger partial charge in [0, 0.05) is 54.7 Å². The van der Waals surface area contributed by atoms with Crippen LogP contribution in [-0.4, -0.2) is 62.6 Å². The van der Waals surface area contributed by atoms with E-state index in [1.165, 1.54) is 5.69 Å². The van der Waals surface area contributed by atoms with Gasteiger partial charge in [-0.3, -0.25) is 0 Å². The fourth-order valence-corrected chi connectivity index (χ4v) is 5.73. The Hall–Kier alpha value is -3.73. The van der Waals surface area contributed by atoms with Gasteiger partial charge in [0.05, 0.1) is 10.4 Å². The summed E-state index contributed by atoms with van der Waals surface area (Å²) >= 11 is 0. The monoisotopic (exact) mass is 531 g/mol. The highest BCUT2D eigenvalue weighted by molar-refractivity contribution is 7.89. The van der Waals surface area contributed by atoms with Crippen LogP contribution < -0.4 is 20.3 Å². The van der Waals surface area contributed by atoms with Gasteiger partial charge in [-0.05, 0) is 75.5 Å².